The third kappa shape index (κ3) is 4.70. The van der Waals surface area contributed by atoms with E-state index < -0.39 is 5.97 Å². The summed E-state index contributed by atoms with van der Waals surface area (Å²) in [5.74, 6) is -0.856. The normalized spacial score (nSPS) is 12.1. The zero-order chi connectivity index (χ0) is 11.1. The van der Waals surface area contributed by atoms with E-state index in [4.69, 9.17) is 5.11 Å². The van der Waals surface area contributed by atoms with Gasteiger partial charge in [0.2, 0.25) is 0 Å². The third-order valence-electron chi connectivity index (χ3n) is 2.08. The largest absolute Gasteiger partial charge is 0.508 e. The molecule has 0 atom stereocenters. The van der Waals surface area contributed by atoms with Gasteiger partial charge in [-0.15, -0.1) is 0 Å². The maximum absolute atomic E-state index is 10.4. The molecule has 0 rings (SSSR count). The number of rotatable bonds is 6. The van der Waals surface area contributed by atoms with Crippen molar-refractivity contribution in [2.24, 2.45) is 0 Å². The van der Waals surface area contributed by atoms with Crippen molar-refractivity contribution in [3.63, 3.8) is 0 Å². The van der Waals surface area contributed by atoms with Crippen molar-refractivity contribution in [3.8, 4) is 0 Å². The Morgan fingerprint density at radius 1 is 1.21 bits per heavy atom. The number of carboxylic acid groups (broad SMARTS) is 1. The van der Waals surface area contributed by atoms with Crippen LogP contribution in [-0.2, 0) is 4.79 Å². The van der Waals surface area contributed by atoms with E-state index in [9.17, 15) is 9.90 Å². The summed E-state index contributed by atoms with van der Waals surface area (Å²) in [7, 11) is 0. The minimum absolute atomic E-state index is 0.00259. The molecule has 0 aliphatic heterocycles. The van der Waals surface area contributed by atoms with Gasteiger partial charge in [0.15, 0.2) is 0 Å². The van der Waals surface area contributed by atoms with E-state index in [1.807, 2.05) is 13.8 Å². The minimum Gasteiger partial charge on any atom is -0.508 e. The Hall–Kier alpha value is -1.25. The summed E-state index contributed by atoms with van der Waals surface area (Å²) in [4.78, 5) is 10.4. The summed E-state index contributed by atoms with van der Waals surface area (Å²) < 4.78 is 0. The average Bonchev–Trinajstić information content (AvgIpc) is 2.03. The van der Waals surface area contributed by atoms with Gasteiger partial charge in [-0.1, -0.05) is 25.5 Å². The van der Waals surface area contributed by atoms with E-state index in [2.05, 4.69) is 6.58 Å². The summed E-state index contributed by atoms with van der Waals surface area (Å²) in [6.07, 6.45) is 2.25. The van der Waals surface area contributed by atoms with E-state index in [1.54, 1.807) is 0 Å². The first-order valence-electron chi connectivity index (χ1n) is 4.77. The molecule has 0 saturated carbocycles. The van der Waals surface area contributed by atoms with Crippen LogP contribution in [0, 0.1) is 0 Å². The molecule has 0 aromatic rings. The molecular weight excluding hydrogens is 180 g/mol. The number of hydrogen-bond donors (Lipinski definition) is 2. The van der Waals surface area contributed by atoms with Gasteiger partial charge in [-0.2, -0.15) is 0 Å². The lowest BCUT2D eigenvalue weighted by Crippen LogP contribution is -1.99. The summed E-state index contributed by atoms with van der Waals surface area (Å²) >= 11 is 0. The molecule has 80 valence electrons. The number of allylic oxidation sites excluding steroid dienone is 2. The molecule has 3 heteroatoms. The summed E-state index contributed by atoms with van der Waals surface area (Å²) in [5, 5.41) is 17.8. The quantitative estimate of drug-likeness (QED) is 0.509. The van der Waals surface area contributed by atoms with E-state index >= 15 is 0 Å². The highest BCUT2D eigenvalue weighted by Crippen LogP contribution is 2.20. The fourth-order valence-electron chi connectivity index (χ4n) is 1.36. The highest BCUT2D eigenvalue weighted by Gasteiger charge is 2.08. The SMILES string of the molecule is C=C(O)/C(CCC(=O)O)=C(\C)CCC. The molecule has 0 aromatic carbocycles. The lowest BCUT2D eigenvalue weighted by Gasteiger charge is -2.09. The molecule has 0 spiro atoms. The van der Waals surface area contributed by atoms with E-state index in [-0.39, 0.29) is 12.2 Å². The predicted molar refractivity (Wildman–Crippen MR) is 56.2 cm³/mol. The monoisotopic (exact) mass is 198 g/mol. The Morgan fingerprint density at radius 2 is 1.79 bits per heavy atom. The van der Waals surface area contributed by atoms with Crippen molar-refractivity contribution < 1.29 is 15.0 Å². The van der Waals surface area contributed by atoms with Crippen LogP contribution in [0.15, 0.2) is 23.5 Å². The topological polar surface area (TPSA) is 57.5 Å². The maximum Gasteiger partial charge on any atom is 0.303 e. The zero-order valence-corrected chi connectivity index (χ0v) is 8.84. The molecule has 0 saturated heterocycles. The molecular formula is C11H18O3. The Labute approximate surface area is 84.8 Å². The fourth-order valence-corrected chi connectivity index (χ4v) is 1.36. The van der Waals surface area contributed by atoms with E-state index in [0.717, 1.165) is 18.4 Å². The standard InChI is InChI=1S/C11H18O3/c1-4-5-8(2)10(9(3)12)6-7-11(13)14/h12H,3-7H2,1-2H3,(H,13,14)/b10-8+. The molecule has 0 aliphatic rings. The molecule has 0 amide bonds. The number of carbonyl (C=O) groups is 1. The molecule has 0 aliphatic carbocycles. The molecule has 0 unspecified atom stereocenters. The van der Waals surface area contributed by atoms with Crippen molar-refractivity contribution in [1.82, 2.24) is 0 Å². The van der Waals surface area contributed by atoms with Crippen LogP contribution in [0.4, 0.5) is 0 Å². The fraction of sp³-hybridized carbons (Fsp3) is 0.545. The first-order chi connectivity index (χ1) is 6.49. The van der Waals surface area contributed by atoms with Crippen LogP contribution in [0.2, 0.25) is 0 Å². The van der Waals surface area contributed by atoms with Crippen LogP contribution in [0.25, 0.3) is 0 Å². The molecule has 2 N–H and O–H groups in total. The van der Waals surface area contributed by atoms with Crippen LogP contribution in [-0.4, -0.2) is 16.2 Å². The molecule has 0 heterocycles. The Morgan fingerprint density at radius 3 is 2.14 bits per heavy atom. The van der Waals surface area contributed by atoms with Crippen molar-refractivity contribution in [2.45, 2.75) is 39.5 Å². The van der Waals surface area contributed by atoms with Crippen molar-refractivity contribution >= 4 is 5.97 Å². The summed E-state index contributed by atoms with van der Waals surface area (Å²) in [6, 6.07) is 0. The number of hydrogen-bond acceptors (Lipinski definition) is 2. The van der Waals surface area contributed by atoms with E-state index in [0.29, 0.717) is 12.0 Å². The van der Waals surface area contributed by atoms with Gasteiger partial charge in [-0.25, -0.2) is 0 Å². The lowest BCUT2D eigenvalue weighted by atomic mass is 10.00. The summed E-state index contributed by atoms with van der Waals surface area (Å²) in [6.45, 7) is 7.39. The van der Waals surface area contributed by atoms with Crippen molar-refractivity contribution in [2.75, 3.05) is 0 Å². The Bertz CT molecular complexity index is 251. The predicted octanol–water partition coefficient (Wildman–Crippen LogP) is 3.04. The molecule has 14 heavy (non-hydrogen) atoms. The van der Waals surface area contributed by atoms with Crippen LogP contribution in [0.3, 0.4) is 0 Å². The third-order valence-corrected chi connectivity index (χ3v) is 2.08. The van der Waals surface area contributed by atoms with Gasteiger partial charge in [0.25, 0.3) is 0 Å². The van der Waals surface area contributed by atoms with Gasteiger partial charge < -0.3 is 10.2 Å². The number of aliphatic carboxylic acids is 1. The molecule has 0 fully saturated rings. The Balaban J connectivity index is 4.50. The summed E-state index contributed by atoms with van der Waals surface area (Å²) in [5.41, 5.74) is 1.72. The van der Waals surface area contributed by atoms with Gasteiger partial charge in [-0.05, 0) is 25.3 Å². The highest BCUT2D eigenvalue weighted by molar-refractivity contribution is 5.67. The van der Waals surface area contributed by atoms with Crippen LogP contribution in [0.1, 0.15) is 39.5 Å². The number of carboxylic acids is 1. The smallest absolute Gasteiger partial charge is 0.303 e. The second-order valence-electron chi connectivity index (χ2n) is 3.35. The van der Waals surface area contributed by atoms with Crippen LogP contribution in [0.5, 0.6) is 0 Å². The second-order valence-corrected chi connectivity index (χ2v) is 3.35. The zero-order valence-electron chi connectivity index (χ0n) is 8.84. The van der Waals surface area contributed by atoms with Crippen LogP contribution >= 0.6 is 0 Å². The maximum atomic E-state index is 10.4. The minimum atomic E-state index is -0.854. The Kier molecular flexibility index (Phi) is 5.68. The second kappa shape index (κ2) is 6.24. The van der Waals surface area contributed by atoms with Gasteiger partial charge in [0, 0.05) is 6.42 Å². The number of aliphatic hydroxyl groups excluding tert-OH is 1. The van der Waals surface area contributed by atoms with Crippen LogP contribution < -0.4 is 0 Å². The molecule has 0 radical (unpaired) electrons. The highest BCUT2D eigenvalue weighted by atomic mass is 16.4. The van der Waals surface area contributed by atoms with Gasteiger partial charge in [0.1, 0.15) is 5.76 Å². The average molecular weight is 198 g/mol. The first-order valence-corrected chi connectivity index (χ1v) is 4.77. The van der Waals surface area contributed by atoms with E-state index in [1.165, 1.54) is 0 Å². The van der Waals surface area contributed by atoms with Gasteiger partial charge in [-0.3, -0.25) is 4.79 Å². The molecule has 0 bridgehead atoms. The first kappa shape index (κ1) is 12.8. The molecule has 3 nitrogen and oxygen atoms in total. The van der Waals surface area contributed by atoms with Crippen molar-refractivity contribution in [3.05, 3.63) is 23.5 Å². The van der Waals surface area contributed by atoms with Gasteiger partial charge in [0.05, 0.1) is 0 Å². The van der Waals surface area contributed by atoms with Gasteiger partial charge >= 0.3 is 5.97 Å². The van der Waals surface area contributed by atoms with Crippen molar-refractivity contribution in [1.29, 1.82) is 0 Å². The number of aliphatic hydroxyl groups is 1. The lowest BCUT2D eigenvalue weighted by molar-refractivity contribution is -0.136. The molecule has 0 aromatic heterocycles.